The molecule has 4 rings (SSSR count). The minimum absolute atomic E-state index is 0. The molecule has 0 aliphatic rings. The van der Waals surface area contributed by atoms with Crippen molar-refractivity contribution in [2.45, 2.75) is 39.6 Å². The van der Waals surface area contributed by atoms with Crippen molar-refractivity contribution >= 4 is 15.9 Å². The lowest BCUT2D eigenvalue weighted by Crippen LogP contribution is -2.31. The monoisotopic (exact) mass is 505 g/mol. The molecule has 36 heavy (non-hydrogen) atoms. The van der Waals surface area contributed by atoms with Crippen molar-refractivity contribution in [1.29, 1.82) is 0 Å². The lowest BCUT2D eigenvalue weighted by atomic mass is 10.1. The van der Waals surface area contributed by atoms with E-state index in [1.54, 1.807) is 25.1 Å². The number of carbonyl (C=O) groups is 1. The average Bonchev–Trinajstić information content (AvgIpc) is 2.81. The van der Waals surface area contributed by atoms with Gasteiger partial charge in [-0.05, 0) is 70.0 Å². The number of aromatic nitrogens is 2. The summed E-state index contributed by atoms with van der Waals surface area (Å²) in [6.45, 7) is 9.47. The van der Waals surface area contributed by atoms with Crippen molar-refractivity contribution in [3.63, 3.8) is 0 Å². The summed E-state index contributed by atoms with van der Waals surface area (Å²) in [5.74, 6) is -0.293. The van der Waals surface area contributed by atoms with Crippen LogP contribution < -0.4 is 9.46 Å². The van der Waals surface area contributed by atoms with E-state index < -0.39 is 15.9 Å². The second kappa shape index (κ2) is 9.91. The fourth-order valence-electron chi connectivity index (χ4n) is 3.90. The molecule has 0 aliphatic heterocycles. The van der Waals surface area contributed by atoms with Gasteiger partial charge in [0.25, 0.3) is 15.9 Å². The maximum Gasteiger partial charge on any atom is 0.281 e. The summed E-state index contributed by atoms with van der Waals surface area (Å²) in [6.07, 6.45) is 0. The van der Waals surface area contributed by atoms with Crippen molar-refractivity contribution < 1.29 is 20.8 Å². The number of benzene rings is 2. The van der Waals surface area contributed by atoms with E-state index in [1.807, 2.05) is 64.1 Å². The van der Waals surface area contributed by atoms with Gasteiger partial charge >= 0.3 is 0 Å². The van der Waals surface area contributed by atoms with E-state index in [-0.39, 0.29) is 19.3 Å². The molecule has 2 aromatic heterocycles. The van der Waals surface area contributed by atoms with Gasteiger partial charge in [-0.3, -0.25) is 4.79 Å². The Hall–Kier alpha value is -4.04. The predicted octanol–water partition coefficient (Wildman–Crippen LogP) is 6.09. The Kier molecular flexibility index (Phi) is 6.90. The van der Waals surface area contributed by atoms with Crippen LogP contribution in [0.5, 0.6) is 11.6 Å². The minimum Gasteiger partial charge on any atom is -0.438 e. The van der Waals surface area contributed by atoms with Gasteiger partial charge in [0, 0.05) is 14.1 Å². The molecule has 188 valence electrons. The molecule has 8 heteroatoms. The van der Waals surface area contributed by atoms with Gasteiger partial charge in [0.2, 0.25) is 5.88 Å². The van der Waals surface area contributed by atoms with Crippen LogP contribution in [0.15, 0.2) is 71.8 Å². The fourth-order valence-corrected chi connectivity index (χ4v) is 4.88. The maximum atomic E-state index is 13.2. The molecule has 0 saturated carbocycles. The molecule has 0 saturated heterocycles. The highest BCUT2D eigenvalue weighted by Crippen LogP contribution is 2.32. The third kappa shape index (κ3) is 5.44. The van der Waals surface area contributed by atoms with Gasteiger partial charge in [0.1, 0.15) is 11.3 Å². The minimum atomic E-state index is -4.20. The second-order valence-corrected chi connectivity index (χ2v) is 10.4. The highest BCUT2D eigenvalue weighted by atomic mass is 32.2. The zero-order valence-corrected chi connectivity index (χ0v) is 21.6. The van der Waals surface area contributed by atoms with Gasteiger partial charge in [-0.2, -0.15) is 8.42 Å². The smallest absolute Gasteiger partial charge is 0.281 e. The Morgan fingerprint density at radius 2 is 1.50 bits per heavy atom. The molecule has 0 aliphatic carbocycles. The Morgan fingerprint density at radius 1 is 0.833 bits per heavy atom. The Balaban J connectivity index is 0.00000253. The molecule has 0 bridgehead atoms. The van der Waals surface area contributed by atoms with E-state index in [0.717, 1.165) is 27.8 Å². The van der Waals surface area contributed by atoms with Gasteiger partial charge in [0.05, 0.1) is 5.69 Å². The van der Waals surface area contributed by atoms with E-state index in [4.69, 9.17) is 4.74 Å². The average molecular weight is 506 g/mol. The molecule has 2 aromatic carbocycles. The SMILES string of the molecule is Cc1ccc(-c2ccc(C(=O)NS(=O)(=O)c3cccc(C)n3)c(Oc3c(C)cc(C)cc3C)n2)cc1.[HH].[HH]. The number of sulfonamides is 1. The summed E-state index contributed by atoms with van der Waals surface area (Å²) in [6, 6.07) is 19.5. The molecule has 0 unspecified atom stereocenters. The number of carbonyl (C=O) groups excluding carboxylic acids is 1. The first-order valence-electron chi connectivity index (χ1n) is 11.4. The zero-order valence-electron chi connectivity index (χ0n) is 20.8. The summed E-state index contributed by atoms with van der Waals surface area (Å²) in [5.41, 5.74) is 5.86. The number of amides is 1. The number of aryl methyl sites for hydroxylation is 5. The molecule has 1 amide bonds. The topological polar surface area (TPSA) is 98.2 Å². The molecular weight excluding hydrogens is 474 g/mol. The van der Waals surface area contributed by atoms with Crippen molar-refractivity contribution in [3.8, 4) is 22.9 Å². The molecule has 0 fully saturated rings. The number of hydrogen-bond acceptors (Lipinski definition) is 6. The van der Waals surface area contributed by atoms with Crippen LogP contribution >= 0.6 is 0 Å². The van der Waals surface area contributed by atoms with Crippen LogP contribution in [0.4, 0.5) is 0 Å². The summed E-state index contributed by atoms with van der Waals surface area (Å²) < 4.78 is 34.0. The normalized spacial score (nSPS) is 11.2. The second-order valence-electron chi connectivity index (χ2n) is 8.80. The largest absolute Gasteiger partial charge is 0.438 e. The third-order valence-electron chi connectivity index (χ3n) is 5.62. The van der Waals surface area contributed by atoms with Gasteiger partial charge in [0.15, 0.2) is 5.03 Å². The number of pyridine rings is 2. The summed E-state index contributed by atoms with van der Waals surface area (Å²) in [5, 5.41) is -0.243. The van der Waals surface area contributed by atoms with Gasteiger partial charge < -0.3 is 4.74 Å². The molecule has 4 aromatic rings. The van der Waals surface area contributed by atoms with Crippen molar-refractivity contribution in [2.24, 2.45) is 0 Å². The maximum absolute atomic E-state index is 13.2. The van der Waals surface area contributed by atoms with Crippen LogP contribution in [0.3, 0.4) is 0 Å². The molecule has 2 heterocycles. The highest BCUT2D eigenvalue weighted by molar-refractivity contribution is 7.90. The highest BCUT2D eigenvalue weighted by Gasteiger charge is 2.24. The number of ether oxygens (including phenoxy) is 1. The molecular formula is C28H31N3O4S. The lowest BCUT2D eigenvalue weighted by molar-refractivity contribution is 0.0978. The lowest BCUT2D eigenvalue weighted by Gasteiger charge is -2.16. The van der Waals surface area contributed by atoms with Crippen LogP contribution in [-0.4, -0.2) is 24.3 Å². The van der Waals surface area contributed by atoms with Gasteiger partial charge in [-0.1, -0.05) is 53.6 Å². The van der Waals surface area contributed by atoms with Crippen LogP contribution in [0.25, 0.3) is 11.3 Å². The first-order chi connectivity index (χ1) is 17.0. The number of rotatable bonds is 6. The standard InChI is InChI=1S/C28H27N3O4S.2H2/c1-17-9-11-22(12-10-17)24-14-13-23(27(32)31-36(33,34)25-8-6-7-21(5)29-25)28(30-24)35-26-19(3)15-18(2)16-20(26)4;;/h6-16H,1-5H3,(H,31,32);2*1H. The summed E-state index contributed by atoms with van der Waals surface area (Å²) >= 11 is 0. The van der Waals surface area contributed by atoms with E-state index in [2.05, 4.69) is 14.7 Å². The van der Waals surface area contributed by atoms with E-state index in [9.17, 15) is 13.2 Å². The molecule has 7 nitrogen and oxygen atoms in total. The molecule has 0 radical (unpaired) electrons. The van der Waals surface area contributed by atoms with Crippen LogP contribution in [-0.2, 0) is 10.0 Å². The third-order valence-corrected chi connectivity index (χ3v) is 6.85. The predicted molar refractivity (Wildman–Crippen MR) is 143 cm³/mol. The van der Waals surface area contributed by atoms with E-state index >= 15 is 0 Å². The first-order valence-corrected chi connectivity index (χ1v) is 12.9. The molecule has 1 N–H and O–H groups in total. The molecule has 0 spiro atoms. The Bertz CT molecular complexity index is 1550. The van der Waals surface area contributed by atoms with E-state index in [0.29, 0.717) is 17.1 Å². The Labute approximate surface area is 214 Å². The van der Waals surface area contributed by atoms with Crippen molar-refractivity contribution in [3.05, 3.63) is 100 Å². The zero-order chi connectivity index (χ0) is 26.0. The molecule has 0 atom stereocenters. The van der Waals surface area contributed by atoms with Crippen molar-refractivity contribution in [1.82, 2.24) is 14.7 Å². The summed E-state index contributed by atoms with van der Waals surface area (Å²) in [4.78, 5) is 21.8. The van der Waals surface area contributed by atoms with Crippen LogP contribution in [0.2, 0.25) is 0 Å². The van der Waals surface area contributed by atoms with Gasteiger partial charge in [-0.15, -0.1) is 0 Å². The quantitative estimate of drug-likeness (QED) is 0.341. The number of nitrogens with one attached hydrogen (secondary N) is 1. The Morgan fingerprint density at radius 3 is 2.14 bits per heavy atom. The fraction of sp³-hybridized carbons (Fsp3) is 0.179. The number of hydrogen-bond donors (Lipinski definition) is 1. The van der Waals surface area contributed by atoms with Crippen LogP contribution in [0.1, 0.15) is 41.2 Å². The van der Waals surface area contributed by atoms with Gasteiger partial charge in [-0.25, -0.2) is 14.7 Å². The van der Waals surface area contributed by atoms with E-state index in [1.165, 1.54) is 12.1 Å². The summed E-state index contributed by atoms with van der Waals surface area (Å²) in [7, 11) is -4.20. The van der Waals surface area contributed by atoms with Crippen LogP contribution in [0, 0.1) is 34.6 Å². The van der Waals surface area contributed by atoms with Crippen molar-refractivity contribution in [2.75, 3.05) is 0 Å². The first kappa shape index (κ1) is 25.1. The number of nitrogens with zero attached hydrogens (tertiary/aromatic N) is 2.